The quantitative estimate of drug-likeness (QED) is 0.544. The van der Waals surface area contributed by atoms with Crippen LogP contribution in [0, 0.1) is 0 Å². The second kappa shape index (κ2) is 6.09. The van der Waals surface area contributed by atoms with Gasteiger partial charge in [-0.1, -0.05) is 45.7 Å². The number of fused-ring (bicyclic) bond motifs is 1. The van der Waals surface area contributed by atoms with Crippen LogP contribution < -0.4 is 0 Å². The van der Waals surface area contributed by atoms with Gasteiger partial charge in [-0.3, -0.25) is 0 Å². The van der Waals surface area contributed by atoms with Crippen LogP contribution in [0.15, 0.2) is 40.9 Å². The van der Waals surface area contributed by atoms with E-state index in [1.54, 1.807) is 0 Å². The zero-order valence-corrected chi connectivity index (χ0v) is 14.1. The van der Waals surface area contributed by atoms with Gasteiger partial charge in [-0.25, -0.2) is 0 Å². The van der Waals surface area contributed by atoms with Gasteiger partial charge in [0.1, 0.15) is 0 Å². The number of hydrogen-bond acceptors (Lipinski definition) is 0. The molecular weight excluding hydrogens is 355 g/mol. The minimum atomic E-state index is -0.171. The summed E-state index contributed by atoms with van der Waals surface area (Å²) in [5.41, 5.74) is 5.11. The first kappa shape index (κ1) is 14.4. The summed E-state index contributed by atoms with van der Waals surface area (Å²) in [6.07, 6.45) is 4.95. The number of rotatable bonds is 2. The Morgan fingerprint density at radius 1 is 0.950 bits per heavy atom. The fourth-order valence-corrected chi connectivity index (χ4v) is 3.90. The molecular formula is C17H15BrCl2. The molecule has 1 atom stereocenters. The third kappa shape index (κ3) is 2.90. The Morgan fingerprint density at radius 3 is 2.50 bits per heavy atom. The highest BCUT2D eigenvalue weighted by Gasteiger charge is 2.17. The number of hydrogen-bond donors (Lipinski definition) is 0. The summed E-state index contributed by atoms with van der Waals surface area (Å²) in [7, 11) is 0. The van der Waals surface area contributed by atoms with E-state index in [1.165, 1.54) is 36.8 Å². The molecule has 0 spiro atoms. The van der Waals surface area contributed by atoms with Gasteiger partial charge in [-0.2, -0.15) is 0 Å². The highest BCUT2D eigenvalue weighted by Crippen LogP contribution is 2.36. The lowest BCUT2D eigenvalue weighted by Crippen LogP contribution is -2.04. The van der Waals surface area contributed by atoms with Gasteiger partial charge in [-0.05, 0) is 66.1 Å². The lowest BCUT2D eigenvalue weighted by Gasteiger charge is -2.19. The largest absolute Gasteiger partial charge is 0.113 e. The van der Waals surface area contributed by atoms with Gasteiger partial charge in [0, 0.05) is 9.50 Å². The van der Waals surface area contributed by atoms with Crippen LogP contribution in [0.4, 0.5) is 0 Å². The Bertz CT molecular complexity index is 637. The Kier molecular flexibility index (Phi) is 4.40. The molecule has 0 N–H and O–H groups in total. The predicted molar refractivity (Wildman–Crippen MR) is 89.9 cm³/mol. The van der Waals surface area contributed by atoms with Crippen LogP contribution in [0.3, 0.4) is 0 Å². The fourth-order valence-electron chi connectivity index (χ4n) is 2.80. The first-order valence-corrected chi connectivity index (χ1v) is 8.46. The number of halogens is 3. The average Bonchev–Trinajstić information content (AvgIpc) is 2.48. The molecule has 1 aliphatic rings. The van der Waals surface area contributed by atoms with E-state index in [9.17, 15) is 0 Å². The first-order chi connectivity index (χ1) is 9.65. The van der Waals surface area contributed by atoms with Crippen molar-refractivity contribution in [3.63, 3.8) is 0 Å². The second-order valence-corrected chi connectivity index (χ2v) is 6.99. The molecule has 0 radical (unpaired) electrons. The summed E-state index contributed by atoms with van der Waals surface area (Å²) in [5.74, 6) is 0. The van der Waals surface area contributed by atoms with Gasteiger partial charge in [0.25, 0.3) is 0 Å². The highest BCUT2D eigenvalue weighted by molar-refractivity contribution is 9.10. The molecule has 0 nitrogen and oxygen atoms in total. The van der Waals surface area contributed by atoms with Gasteiger partial charge < -0.3 is 0 Å². The van der Waals surface area contributed by atoms with E-state index in [-0.39, 0.29) is 5.38 Å². The average molecular weight is 370 g/mol. The molecule has 20 heavy (non-hydrogen) atoms. The molecule has 0 bridgehead atoms. The predicted octanol–water partition coefficient (Wildman–Crippen LogP) is 6.31. The molecule has 2 aromatic carbocycles. The Hall–Kier alpha value is -0.500. The van der Waals surface area contributed by atoms with E-state index < -0.39 is 0 Å². The third-order valence-electron chi connectivity index (χ3n) is 3.90. The van der Waals surface area contributed by atoms with Gasteiger partial charge >= 0.3 is 0 Å². The molecule has 0 fully saturated rings. The zero-order chi connectivity index (χ0) is 14.1. The topological polar surface area (TPSA) is 0 Å². The van der Waals surface area contributed by atoms with Crippen LogP contribution >= 0.6 is 39.1 Å². The molecule has 0 aromatic heterocycles. The van der Waals surface area contributed by atoms with Crippen LogP contribution in [0.1, 0.15) is 40.5 Å². The van der Waals surface area contributed by atoms with Crippen molar-refractivity contribution in [3.05, 3.63) is 68.1 Å². The van der Waals surface area contributed by atoms with E-state index in [0.29, 0.717) is 5.02 Å². The van der Waals surface area contributed by atoms with E-state index in [0.717, 1.165) is 15.6 Å². The lowest BCUT2D eigenvalue weighted by atomic mass is 9.89. The summed E-state index contributed by atoms with van der Waals surface area (Å²) in [6, 6.07) is 12.4. The van der Waals surface area contributed by atoms with Gasteiger partial charge in [0.15, 0.2) is 0 Å². The van der Waals surface area contributed by atoms with Crippen LogP contribution in [0.5, 0.6) is 0 Å². The third-order valence-corrected chi connectivity index (χ3v) is 5.34. The normalized spacial score (nSPS) is 15.8. The van der Waals surface area contributed by atoms with Crippen molar-refractivity contribution in [2.24, 2.45) is 0 Å². The minimum absolute atomic E-state index is 0.171. The minimum Gasteiger partial charge on any atom is -0.113 e. The first-order valence-electron chi connectivity index (χ1n) is 6.86. The molecule has 3 heteroatoms. The van der Waals surface area contributed by atoms with Crippen molar-refractivity contribution in [1.82, 2.24) is 0 Å². The molecule has 1 aliphatic carbocycles. The molecule has 2 aromatic rings. The molecule has 0 saturated carbocycles. The van der Waals surface area contributed by atoms with Crippen molar-refractivity contribution in [2.75, 3.05) is 0 Å². The Morgan fingerprint density at radius 2 is 1.70 bits per heavy atom. The molecule has 0 saturated heterocycles. The smallest absolute Gasteiger partial charge is 0.0846 e. The SMILES string of the molecule is Clc1ccc(Br)c(C(Cl)c2ccc3c(c2)CCCC3)c1. The van der Waals surface area contributed by atoms with Crippen LogP contribution in [-0.2, 0) is 12.8 Å². The highest BCUT2D eigenvalue weighted by atomic mass is 79.9. The summed E-state index contributed by atoms with van der Waals surface area (Å²) >= 11 is 16.3. The number of benzene rings is 2. The lowest BCUT2D eigenvalue weighted by molar-refractivity contribution is 0.684. The Balaban J connectivity index is 1.97. The second-order valence-electron chi connectivity index (χ2n) is 5.26. The van der Waals surface area contributed by atoms with Crippen molar-refractivity contribution >= 4 is 39.1 Å². The van der Waals surface area contributed by atoms with E-state index in [2.05, 4.69) is 34.1 Å². The summed E-state index contributed by atoms with van der Waals surface area (Å²) in [4.78, 5) is 0. The van der Waals surface area contributed by atoms with Crippen LogP contribution in [-0.4, -0.2) is 0 Å². The van der Waals surface area contributed by atoms with E-state index in [4.69, 9.17) is 23.2 Å². The molecule has 104 valence electrons. The maximum absolute atomic E-state index is 6.66. The van der Waals surface area contributed by atoms with E-state index in [1.807, 2.05) is 18.2 Å². The molecule has 0 aliphatic heterocycles. The molecule has 1 unspecified atom stereocenters. The summed E-state index contributed by atoms with van der Waals surface area (Å²) in [6.45, 7) is 0. The number of aryl methyl sites for hydroxylation is 2. The summed E-state index contributed by atoms with van der Waals surface area (Å²) < 4.78 is 1.000. The maximum Gasteiger partial charge on any atom is 0.0846 e. The molecule has 3 rings (SSSR count). The Labute approximate surface area is 138 Å². The van der Waals surface area contributed by atoms with Crippen molar-refractivity contribution in [2.45, 2.75) is 31.1 Å². The van der Waals surface area contributed by atoms with Gasteiger partial charge in [0.2, 0.25) is 0 Å². The van der Waals surface area contributed by atoms with Crippen molar-refractivity contribution in [1.29, 1.82) is 0 Å². The fraction of sp³-hybridized carbons (Fsp3) is 0.294. The zero-order valence-electron chi connectivity index (χ0n) is 11.0. The molecule has 0 amide bonds. The van der Waals surface area contributed by atoms with Gasteiger partial charge in [0.05, 0.1) is 5.38 Å². The van der Waals surface area contributed by atoms with Crippen molar-refractivity contribution in [3.8, 4) is 0 Å². The van der Waals surface area contributed by atoms with Gasteiger partial charge in [-0.15, -0.1) is 11.6 Å². The molecule has 0 heterocycles. The van der Waals surface area contributed by atoms with E-state index >= 15 is 0 Å². The number of alkyl halides is 1. The van der Waals surface area contributed by atoms with Crippen LogP contribution in [0.2, 0.25) is 5.02 Å². The standard InChI is InChI=1S/C17H15BrCl2/c18-16-8-7-14(19)10-15(16)17(20)13-6-5-11-3-1-2-4-12(11)9-13/h5-10,17H,1-4H2. The van der Waals surface area contributed by atoms with Crippen molar-refractivity contribution < 1.29 is 0 Å². The summed E-state index contributed by atoms with van der Waals surface area (Å²) in [5, 5.41) is 0.544. The monoisotopic (exact) mass is 368 g/mol. The maximum atomic E-state index is 6.66. The van der Waals surface area contributed by atoms with Crippen LogP contribution in [0.25, 0.3) is 0 Å².